The molecule has 0 N–H and O–H groups in total. The number of rotatable bonds is 0. The number of hydrogen-bond acceptors (Lipinski definition) is 2. The first-order chi connectivity index (χ1) is 8.38. The topological polar surface area (TPSA) is 25.8 Å². The van der Waals surface area contributed by atoms with Crippen molar-refractivity contribution < 1.29 is 0 Å². The summed E-state index contributed by atoms with van der Waals surface area (Å²) >= 11 is 0. The van der Waals surface area contributed by atoms with Gasteiger partial charge in [-0.05, 0) is 12.5 Å². The van der Waals surface area contributed by atoms with E-state index in [-0.39, 0.29) is 0 Å². The van der Waals surface area contributed by atoms with Crippen LogP contribution in [0.3, 0.4) is 0 Å². The van der Waals surface area contributed by atoms with E-state index >= 15 is 0 Å². The lowest BCUT2D eigenvalue weighted by Gasteiger charge is -1.97. The van der Waals surface area contributed by atoms with Crippen LogP contribution in [-0.2, 0) is 0 Å². The fourth-order valence-electron chi connectivity index (χ4n) is 1.55. The molecule has 2 aromatic carbocycles. The molecule has 3 aromatic rings. The van der Waals surface area contributed by atoms with E-state index in [0.29, 0.717) is 0 Å². The molecule has 0 aliphatic heterocycles. The van der Waals surface area contributed by atoms with Gasteiger partial charge in [-0.1, -0.05) is 54.6 Å². The molecule has 2 heteroatoms. The van der Waals surface area contributed by atoms with Crippen LogP contribution in [0.5, 0.6) is 0 Å². The Bertz CT molecular complexity index is 544. The molecule has 0 radical (unpaired) electrons. The Balaban J connectivity index is 0.000000153. The number of aromatic nitrogens is 2. The van der Waals surface area contributed by atoms with E-state index in [2.05, 4.69) is 23.0 Å². The van der Waals surface area contributed by atoms with Crippen LogP contribution in [0.25, 0.3) is 10.9 Å². The second-order valence-corrected chi connectivity index (χ2v) is 3.69. The lowest BCUT2D eigenvalue weighted by molar-refractivity contribution is 1.21. The van der Waals surface area contributed by atoms with E-state index < -0.39 is 0 Å². The van der Waals surface area contributed by atoms with Crippen molar-refractivity contribution >= 4 is 10.9 Å². The maximum Gasteiger partial charge on any atom is 0.116 e. The zero-order valence-electron chi connectivity index (χ0n) is 9.75. The molecule has 0 spiro atoms. The maximum absolute atomic E-state index is 4.17. The fourth-order valence-corrected chi connectivity index (χ4v) is 1.55. The molecule has 84 valence electrons. The van der Waals surface area contributed by atoms with Gasteiger partial charge in [0.05, 0.1) is 5.52 Å². The molecule has 3 rings (SSSR count). The minimum Gasteiger partial charge on any atom is -0.244 e. The van der Waals surface area contributed by atoms with Crippen molar-refractivity contribution in [2.24, 2.45) is 0 Å². The summed E-state index contributed by atoms with van der Waals surface area (Å²) in [4.78, 5) is 8.11. The number of hydrogen-bond donors (Lipinski definition) is 0. The molecule has 0 aliphatic carbocycles. The number of benzene rings is 2. The van der Waals surface area contributed by atoms with Crippen molar-refractivity contribution in [3.63, 3.8) is 0 Å². The van der Waals surface area contributed by atoms with Gasteiger partial charge >= 0.3 is 0 Å². The van der Waals surface area contributed by atoms with Crippen LogP contribution in [0.15, 0.2) is 67.1 Å². The standard InChI is InChI=1S/C9H8N2.C6H6/c1-7-3-2-4-8-5-10-6-11-9(7)8;1-2-4-6-5-3-1/h2-6H,1H3;1-6H. The summed E-state index contributed by atoms with van der Waals surface area (Å²) in [7, 11) is 0. The number of para-hydroxylation sites is 1. The molecule has 0 bridgehead atoms. The summed E-state index contributed by atoms with van der Waals surface area (Å²) in [5, 5.41) is 1.10. The van der Waals surface area contributed by atoms with E-state index in [9.17, 15) is 0 Å². The molecule has 0 unspecified atom stereocenters. The van der Waals surface area contributed by atoms with Crippen LogP contribution in [-0.4, -0.2) is 9.97 Å². The average molecular weight is 222 g/mol. The van der Waals surface area contributed by atoms with Crippen LogP contribution in [0.4, 0.5) is 0 Å². The highest BCUT2D eigenvalue weighted by atomic mass is 14.8. The zero-order chi connectivity index (χ0) is 11.9. The van der Waals surface area contributed by atoms with Gasteiger partial charge in [-0.2, -0.15) is 0 Å². The van der Waals surface area contributed by atoms with Crippen LogP contribution in [0, 0.1) is 6.92 Å². The normalized spacial score (nSPS) is 9.47. The Labute approximate surface area is 101 Å². The molecule has 1 aromatic heterocycles. The quantitative estimate of drug-likeness (QED) is 0.580. The van der Waals surface area contributed by atoms with E-state index in [1.807, 2.05) is 54.7 Å². The average Bonchev–Trinajstić information content (AvgIpc) is 2.42. The van der Waals surface area contributed by atoms with Crippen LogP contribution in [0.2, 0.25) is 0 Å². The van der Waals surface area contributed by atoms with E-state index in [1.165, 1.54) is 5.56 Å². The van der Waals surface area contributed by atoms with Crippen LogP contribution in [0.1, 0.15) is 5.56 Å². The summed E-state index contributed by atoms with van der Waals surface area (Å²) in [6, 6.07) is 18.1. The Morgan fingerprint density at radius 1 is 0.824 bits per heavy atom. The molecule has 0 amide bonds. The molecule has 1 heterocycles. The molecule has 17 heavy (non-hydrogen) atoms. The first-order valence-electron chi connectivity index (χ1n) is 5.53. The van der Waals surface area contributed by atoms with Gasteiger partial charge in [0.2, 0.25) is 0 Å². The highest BCUT2D eigenvalue weighted by Crippen LogP contribution is 2.12. The Morgan fingerprint density at radius 2 is 1.47 bits per heavy atom. The highest BCUT2D eigenvalue weighted by molar-refractivity contribution is 5.80. The Kier molecular flexibility index (Phi) is 3.81. The Hall–Kier alpha value is -2.22. The number of nitrogens with zero attached hydrogens (tertiary/aromatic N) is 2. The fraction of sp³-hybridized carbons (Fsp3) is 0.0667. The van der Waals surface area contributed by atoms with E-state index in [1.54, 1.807) is 6.33 Å². The SMILES string of the molecule is Cc1cccc2cncnc12.c1ccccc1. The predicted octanol–water partition coefficient (Wildman–Crippen LogP) is 3.62. The molecule has 0 fully saturated rings. The van der Waals surface area contributed by atoms with Gasteiger partial charge < -0.3 is 0 Å². The van der Waals surface area contributed by atoms with Gasteiger partial charge in [0.1, 0.15) is 6.33 Å². The monoisotopic (exact) mass is 222 g/mol. The number of fused-ring (bicyclic) bond motifs is 1. The molecular formula is C15H14N2. The summed E-state index contributed by atoms with van der Waals surface area (Å²) in [5.41, 5.74) is 2.24. The second-order valence-electron chi connectivity index (χ2n) is 3.69. The summed E-state index contributed by atoms with van der Waals surface area (Å²) in [5.74, 6) is 0. The second kappa shape index (κ2) is 5.75. The van der Waals surface area contributed by atoms with Crippen LogP contribution < -0.4 is 0 Å². The minimum atomic E-state index is 1.04. The predicted molar refractivity (Wildman–Crippen MR) is 70.7 cm³/mol. The highest BCUT2D eigenvalue weighted by Gasteiger charge is 1.94. The molecular weight excluding hydrogens is 208 g/mol. The number of aryl methyl sites for hydroxylation is 1. The van der Waals surface area contributed by atoms with Crippen molar-refractivity contribution in [2.75, 3.05) is 0 Å². The lowest BCUT2D eigenvalue weighted by Crippen LogP contribution is -1.83. The Morgan fingerprint density at radius 3 is 2.06 bits per heavy atom. The molecule has 0 saturated heterocycles. The molecule has 2 nitrogen and oxygen atoms in total. The lowest BCUT2D eigenvalue weighted by atomic mass is 10.2. The summed E-state index contributed by atoms with van der Waals surface area (Å²) in [6.07, 6.45) is 3.41. The largest absolute Gasteiger partial charge is 0.244 e. The zero-order valence-corrected chi connectivity index (χ0v) is 9.75. The van der Waals surface area contributed by atoms with E-state index in [4.69, 9.17) is 0 Å². The van der Waals surface area contributed by atoms with Gasteiger partial charge in [0.15, 0.2) is 0 Å². The smallest absolute Gasteiger partial charge is 0.116 e. The van der Waals surface area contributed by atoms with Crippen LogP contribution >= 0.6 is 0 Å². The summed E-state index contributed by atoms with van der Waals surface area (Å²) in [6.45, 7) is 2.05. The van der Waals surface area contributed by atoms with Gasteiger partial charge in [0.25, 0.3) is 0 Å². The minimum absolute atomic E-state index is 1.04. The van der Waals surface area contributed by atoms with Gasteiger partial charge in [-0.3, -0.25) is 0 Å². The van der Waals surface area contributed by atoms with Crippen molar-refractivity contribution in [2.45, 2.75) is 6.92 Å². The van der Waals surface area contributed by atoms with Gasteiger partial charge in [-0.25, -0.2) is 9.97 Å². The third-order valence-corrected chi connectivity index (χ3v) is 2.40. The van der Waals surface area contributed by atoms with E-state index in [0.717, 1.165) is 10.9 Å². The molecule has 0 aliphatic rings. The maximum atomic E-state index is 4.17. The molecule has 0 atom stereocenters. The van der Waals surface area contributed by atoms with Gasteiger partial charge in [-0.15, -0.1) is 0 Å². The van der Waals surface area contributed by atoms with Crippen molar-refractivity contribution in [3.8, 4) is 0 Å². The summed E-state index contributed by atoms with van der Waals surface area (Å²) < 4.78 is 0. The van der Waals surface area contributed by atoms with Crippen molar-refractivity contribution in [1.29, 1.82) is 0 Å². The van der Waals surface area contributed by atoms with Crippen molar-refractivity contribution in [1.82, 2.24) is 9.97 Å². The third-order valence-electron chi connectivity index (χ3n) is 2.40. The first-order valence-corrected chi connectivity index (χ1v) is 5.53. The third kappa shape index (κ3) is 3.11. The van der Waals surface area contributed by atoms with Crippen molar-refractivity contribution in [3.05, 3.63) is 72.7 Å². The molecule has 0 saturated carbocycles. The first kappa shape index (κ1) is 11.3. The van der Waals surface area contributed by atoms with Gasteiger partial charge in [0, 0.05) is 11.6 Å².